The van der Waals surface area contributed by atoms with Crippen LogP contribution in [-0.2, 0) is 4.74 Å². The van der Waals surface area contributed by atoms with Crippen molar-refractivity contribution in [2.75, 3.05) is 39.4 Å². The predicted molar refractivity (Wildman–Crippen MR) is 86.3 cm³/mol. The van der Waals surface area contributed by atoms with Gasteiger partial charge in [-0.2, -0.15) is 0 Å². The monoisotopic (exact) mass is 337 g/mol. The van der Waals surface area contributed by atoms with Crippen molar-refractivity contribution in [3.63, 3.8) is 0 Å². The Morgan fingerprint density at radius 3 is 2.91 bits per heavy atom. The van der Waals surface area contributed by atoms with E-state index < -0.39 is 0 Å². The van der Waals surface area contributed by atoms with Gasteiger partial charge in [-0.1, -0.05) is 11.6 Å². The topological polar surface area (TPSA) is 54.5 Å². The number of fused-ring (bicyclic) bond motifs is 1. The van der Waals surface area contributed by atoms with Gasteiger partial charge in [-0.3, -0.25) is 9.69 Å². The van der Waals surface area contributed by atoms with Gasteiger partial charge in [0.2, 0.25) is 0 Å². The molecule has 0 unspecified atom stereocenters. The lowest BCUT2D eigenvalue weighted by Gasteiger charge is -2.26. The second kappa shape index (κ2) is 7.21. The highest BCUT2D eigenvalue weighted by molar-refractivity contribution is 6.33. The molecule has 1 fully saturated rings. The van der Waals surface area contributed by atoms with Crippen LogP contribution >= 0.6 is 11.6 Å². The van der Waals surface area contributed by atoms with Crippen LogP contribution in [0.3, 0.4) is 0 Å². The number of nitrogens with zero attached hydrogens (tertiary/aromatic N) is 2. The number of pyridine rings is 1. The second-order valence-corrected chi connectivity index (χ2v) is 5.73. The van der Waals surface area contributed by atoms with E-state index >= 15 is 0 Å². The van der Waals surface area contributed by atoms with Crippen LogP contribution in [0, 0.1) is 5.82 Å². The summed E-state index contributed by atoms with van der Waals surface area (Å²) in [4.78, 5) is 18.6. The molecule has 0 bridgehead atoms. The van der Waals surface area contributed by atoms with Crippen molar-refractivity contribution < 1.29 is 13.9 Å². The summed E-state index contributed by atoms with van der Waals surface area (Å²) in [5.41, 5.74) is 0.729. The molecule has 5 nitrogen and oxygen atoms in total. The van der Waals surface area contributed by atoms with Gasteiger partial charge >= 0.3 is 0 Å². The summed E-state index contributed by atoms with van der Waals surface area (Å²) in [7, 11) is 0. The number of benzene rings is 1. The van der Waals surface area contributed by atoms with E-state index in [4.69, 9.17) is 16.3 Å². The molecule has 1 aliphatic heterocycles. The maximum atomic E-state index is 13.2. The molecule has 7 heteroatoms. The van der Waals surface area contributed by atoms with E-state index in [-0.39, 0.29) is 16.9 Å². The standard InChI is InChI=1S/C16H17ClFN3O2/c17-15-13(9-11-1-2-12(18)10-14(11)20-15)16(22)19-3-4-21-5-7-23-8-6-21/h1-2,9-10H,3-8H2,(H,19,22). The van der Waals surface area contributed by atoms with Crippen LogP contribution < -0.4 is 5.32 Å². The highest BCUT2D eigenvalue weighted by atomic mass is 35.5. The molecule has 23 heavy (non-hydrogen) atoms. The quantitative estimate of drug-likeness (QED) is 0.868. The van der Waals surface area contributed by atoms with Gasteiger partial charge in [-0.05, 0) is 18.2 Å². The first-order valence-electron chi connectivity index (χ1n) is 7.47. The predicted octanol–water partition coefficient (Wildman–Crippen LogP) is 2.09. The zero-order valence-electron chi connectivity index (χ0n) is 12.5. The highest BCUT2D eigenvalue weighted by Crippen LogP contribution is 2.21. The van der Waals surface area contributed by atoms with Gasteiger partial charge in [-0.25, -0.2) is 9.37 Å². The Morgan fingerprint density at radius 1 is 1.35 bits per heavy atom. The number of amides is 1. The third-order valence-corrected chi connectivity index (χ3v) is 4.08. The van der Waals surface area contributed by atoms with Gasteiger partial charge in [0.15, 0.2) is 0 Å². The molecule has 0 atom stereocenters. The molecule has 0 saturated carbocycles. The number of nitrogens with one attached hydrogen (secondary N) is 1. The fourth-order valence-electron chi connectivity index (χ4n) is 2.52. The molecule has 0 aliphatic carbocycles. The van der Waals surface area contributed by atoms with E-state index in [1.54, 1.807) is 12.1 Å². The SMILES string of the molecule is O=C(NCCN1CCOCC1)c1cc2ccc(F)cc2nc1Cl. The molecule has 1 aromatic heterocycles. The third-order valence-electron chi connectivity index (χ3n) is 3.80. The summed E-state index contributed by atoms with van der Waals surface area (Å²) in [5, 5.41) is 3.59. The molecular formula is C16H17ClFN3O2. The van der Waals surface area contributed by atoms with Gasteiger partial charge in [-0.15, -0.1) is 0 Å². The molecule has 0 spiro atoms. The zero-order chi connectivity index (χ0) is 16.2. The smallest absolute Gasteiger partial charge is 0.254 e. The lowest BCUT2D eigenvalue weighted by molar-refractivity contribution is 0.0383. The van der Waals surface area contributed by atoms with Gasteiger partial charge in [0.25, 0.3) is 5.91 Å². The Bertz CT molecular complexity index is 720. The van der Waals surface area contributed by atoms with Crippen LogP contribution in [0.25, 0.3) is 10.9 Å². The van der Waals surface area contributed by atoms with E-state index in [0.29, 0.717) is 23.0 Å². The number of carbonyl (C=O) groups excluding carboxylic acids is 1. The van der Waals surface area contributed by atoms with Gasteiger partial charge in [0.1, 0.15) is 11.0 Å². The first-order chi connectivity index (χ1) is 11.1. The molecule has 1 saturated heterocycles. The van der Waals surface area contributed by atoms with Gasteiger partial charge < -0.3 is 10.1 Å². The Hall–Kier alpha value is -1.76. The summed E-state index contributed by atoms with van der Waals surface area (Å²) in [6, 6.07) is 5.84. The number of ether oxygens (including phenoxy) is 1. The van der Waals surface area contributed by atoms with Crippen LogP contribution in [0.15, 0.2) is 24.3 Å². The Labute approximate surface area is 138 Å². The minimum atomic E-state index is -0.385. The minimum Gasteiger partial charge on any atom is -0.379 e. The van der Waals surface area contributed by atoms with Crippen LogP contribution in [0.2, 0.25) is 5.15 Å². The van der Waals surface area contributed by atoms with Gasteiger partial charge in [0.05, 0.1) is 24.3 Å². The molecule has 1 aromatic carbocycles. The zero-order valence-corrected chi connectivity index (χ0v) is 13.3. The third kappa shape index (κ3) is 3.96. The molecular weight excluding hydrogens is 321 g/mol. The minimum absolute atomic E-state index is 0.0759. The normalized spacial score (nSPS) is 15.7. The van der Waals surface area contributed by atoms with Crippen LogP contribution in [-0.4, -0.2) is 55.2 Å². The first-order valence-corrected chi connectivity index (χ1v) is 7.85. The average Bonchev–Trinajstić information content (AvgIpc) is 2.55. The van der Waals surface area contributed by atoms with Crippen LogP contribution in [0.4, 0.5) is 4.39 Å². The van der Waals surface area contributed by atoms with Crippen molar-refractivity contribution in [3.05, 3.63) is 40.8 Å². The van der Waals surface area contributed by atoms with Crippen molar-refractivity contribution in [2.24, 2.45) is 0 Å². The molecule has 2 heterocycles. The maximum absolute atomic E-state index is 13.2. The number of hydrogen-bond donors (Lipinski definition) is 1. The van der Waals surface area contributed by atoms with E-state index in [2.05, 4.69) is 15.2 Å². The van der Waals surface area contributed by atoms with E-state index in [1.807, 2.05) is 0 Å². The molecule has 3 rings (SSSR count). The number of morpholine rings is 1. The largest absolute Gasteiger partial charge is 0.379 e. The van der Waals surface area contributed by atoms with Crippen molar-refractivity contribution in [2.45, 2.75) is 0 Å². The first kappa shape index (κ1) is 16.1. The van der Waals surface area contributed by atoms with Crippen molar-refractivity contribution in [1.29, 1.82) is 0 Å². The van der Waals surface area contributed by atoms with Crippen molar-refractivity contribution >= 4 is 28.4 Å². The molecule has 0 radical (unpaired) electrons. The summed E-state index contributed by atoms with van der Waals surface area (Å²) in [6.07, 6.45) is 0. The molecule has 2 aromatic rings. The average molecular weight is 338 g/mol. The fraction of sp³-hybridized carbons (Fsp3) is 0.375. The fourth-order valence-corrected chi connectivity index (χ4v) is 2.75. The summed E-state index contributed by atoms with van der Waals surface area (Å²) in [6.45, 7) is 4.49. The van der Waals surface area contributed by atoms with Crippen molar-refractivity contribution in [3.8, 4) is 0 Å². The molecule has 1 amide bonds. The highest BCUT2D eigenvalue weighted by Gasteiger charge is 2.14. The maximum Gasteiger partial charge on any atom is 0.254 e. The van der Waals surface area contributed by atoms with E-state index in [0.717, 1.165) is 32.8 Å². The number of hydrogen-bond acceptors (Lipinski definition) is 4. The summed E-state index contributed by atoms with van der Waals surface area (Å²) in [5.74, 6) is -0.661. The summed E-state index contributed by atoms with van der Waals surface area (Å²) >= 11 is 6.06. The number of halogens is 2. The molecule has 1 N–H and O–H groups in total. The number of aromatic nitrogens is 1. The van der Waals surface area contributed by atoms with E-state index in [9.17, 15) is 9.18 Å². The van der Waals surface area contributed by atoms with E-state index in [1.165, 1.54) is 12.1 Å². The van der Waals surface area contributed by atoms with Gasteiger partial charge in [0, 0.05) is 37.6 Å². The lowest BCUT2D eigenvalue weighted by Crippen LogP contribution is -2.41. The molecule has 122 valence electrons. The number of rotatable bonds is 4. The van der Waals surface area contributed by atoms with Crippen molar-refractivity contribution in [1.82, 2.24) is 15.2 Å². The van der Waals surface area contributed by atoms with Crippen LogP contribution in [0.5, 0.6) is 0 Å². The summed E-state index contributed by atoms with van der Waals surface area (Å²) < 4.78 is 18.5. The Kier molecular flexibility index (Phi) is 5.05. The Balaban J connectivity index is 1.65. The lowest BCUT2D eigenvalue weighted by atomic mass is 10.1. The second-order valence-electron chi connectivity index (χ2n) is 5.37. The Morgan fingerprint density at radius 2 is 2.13 bits per heavy atom. The van der Waals surface area contributed by atoms with Crippen LogP contribution in [0.1, 0.15) is 10.4 Å². The number of carbonyl (C=O) groups is 1. The molecule has 1 aliphatic rings.